The van der Waals surface area contributed by atoms with Crippen molar-refractivity contribution in [1.29, 1.82) is 0 Å². The summed E-state index contributed by atoms with van der Waals surface area (Å²) in [6, 6.07) is 10.3. The second kappa shape index (κ2) is 4.81. The molecule has 78 valence electrons. The molecular weight excluding hydrogens is 270 g/mol. The Balaban J connectivity index is 2.06. The van der Waals surface area contributed by atoms with Crippen LogP contribution in [0.2, 0.25) is 0 Å². The normalized spacial score (nSPS) is 10.3. The quantitative estimate of drug-likeness (QED) is 0.878. The second-order valence-electron chi connectivity index (χ2n) is 3.36. The van der Waals surface area contributed by atoms with E-state index in [0.717, 1.165) is 16.7 Å². The molecule has 0 amide bonds. The fraction of sp³-hybridized carbons (Fsp3) is 0.167. The van der Waals surface area contributed by atoms with Gasteiger partial charge in [0.15, 0.2) is 0 Å². The highest BCUT2D eigenvalue weighted by atomic mass is 79.9. The van der Waals surface area contributed by atoms with Crippen LogP contribution in [0.15, 0.2) is 40.2 Å². The van der Waals surface area contributed by atoms with E-state index in [-0.39, 0.29) is 0 Å². The zero-order valence-corrected chi connectivity index (χ0v) is 10.9. The second-order valence-corrected chi connectivity index (χ2v) is 5.22. The largest absolute Gasteiger partial charge is 0.379 e. The third-order valence-electron chi connectivity index (χ3n) is 2.28. The molecule has 1 aromatic heterocycles. The molecule has 0 saturated heterocycles. The first-order chi connectivity index (χ1) is 7.27. The first-order valence-electron chi connectivity index (χ1n) is 4.79. The van der Waals surface area contributed by atoms with Gasteiger partial charge in [-0.2, -0.15) is 0 Å². The minimum absolute atomic E-state index is 0.895. The maximum atomic E-state index is 3.52. The summed E-state index contributed by atoms with van der Waals surface area (Å²) < 4.78 is 1.11. The lowest BCUT2D eigenvalue weighted by molar-refractivity contribution is 1.16. The molecule has 3 heteroatoms. The summed E-state index contributed by atoms with van der Waals surface area (Å²) in [5.74, 6) is 0. The number of aryl methyl sites for hydroxylation is 1. The van der Waals surface area contributed by atoms with E-state index in [4.69, 9.17) is 0 Å². The lowest BCUT2D eigenvalue weighted by atomic mass is 10.3. The van der Waals surface area contributed by atoms with Crippen LogP contribution in [0.1, 0.15) is 10.4 Å². The number of nitrogens with one attached hydrogen (secondary N) is 1. The van der Waals surface area contributed by atoms with Crippen molar-refractivity contribution in [2.45, 2.75) is 13.5 Å². The number of thiophene rings is 1. The molecule has 1 N–H and O–H groups in total. The SMILES string of the molecule is Cc1ccsc1CNc1ccccc1Br. The van der Waals surface area contributed by atoms with Crippen molar-refractivity contribution in [1.82, 2.24) is 0 Å². The summed E-state index contributed by atoms with van der Waals surface area (Å²) in [5.41, 5.74) is 2.50. The van der Waals surface area contributed by atoms with Crippen LogP contribution in [0.4, 0.5) is 5.69 Å². The molecule has 0 aliphatic carbocycles. The third kappa shape index (κ3) is 2.61. The summed E-state index contributed by atoms with van der Waals surface area (Å²) in [5, 5.41) is 5.55. The van der Waals surface area contributed by atoms with Crippen molar-refractivity contribution in [3.8, 4) is 0 Å². The highest BCUT2D eigenvalue weighted by molar-refractivity contribution is 9.10. The van der Waals surface area contributed by atoms with Crippen molar-refractivity contribution in [3.63, 3.8) is 0 Å². The smallest absolute Gasteiger partial charge is 0.0497 e. The molecule has 1 aromatic carbocycles. The van der Waals surface area contributed by atoms with Gasteiger partial charge in [-0.25, -0.2) is 0 Å². The fourth-order valence-corrected chi connectivity index (χ4v) is 2.64. The summed E-state index contributed by atoms with van der Waals surface area (Å²) in [4.78, 5) is 1.39. The average Bonchev–Trinajstić information content (AvgIpc) is 2.63. The summed E-state index contributed by atoms with van der Waals surface area (Å²) >= 11 is 5.32. The Hall–Kier alpha value is -0.800. The monoisotopic (exact) mass is 281 g/mol. The molecule has 0 atom stereocenters. The number of hydrogen-bond donors (Lipinski definition) is 1. The highest BCUT2D eigenvalue weighted by Crippen LogP contribution is 2.23. The van der Waals surface area contributed by atoms with Crippen LogP contribution in [-0.4, -0.2) is 0 Å². The molecule has 0 saturated carbocycles. The van der Waals surface area contributed by atoms with E-state index in [1.54, 1.807) is 11.3 Å². The number of rotatable bonds is 3. The van der Waals surface area contributed by atoms with E-state index in [2.05, 4.69) is 45.7 Å². The van der Waals surface area contributed by atoms with E-state index >= 15 is 0 Å². The van der Waals surface area contributed by atoms with E-state index in [9.17, 15) is 0 Å². The third-order valence-corrected chi connectivity index (χ3v) is 4.00. The molecule has 15 heavy (non-hydrogen) atoms. The number of halogens is 1. The predicted octanol–water partition coefficient (Wildman–Crippen LogP) is 4.43. The van der Waals surface area contributed by atoms with E-state index in [0.29, 0.717) is 0 Å². The molecule has 0 radical (unpaired) electrons. The van der Waals surface area contributed by atoms with Crippen LogP contribution >= 0.6 is 27.3 Å². The van der Waals surface area contributed by atoms with Gasteiger partial charge in [-0.1, -0.05) is 12.1 Å². The van der Waals surface area contributed by atoms with Crippen molar-refractivity contribution in [2.75, 3.05) is 5.32 Å². The van der Waals surface area contributed by atoms with Gasteiger partial charge in [0, 0.05) is 21.6 Å². The topological polar surface area (TPSA) is 12.0 Å². The molecule has 0 aliphatic heterocycles. The van der Waals surface area contributed by atoms with Crippen molar-refractivity contribution >= 4 is 33.0 Å². The molecule has 0 unspecified atom stereocenters. The maximum absolute atomic E-state index is 3.52. The minimum Gasteiger partial charge on any atom is -0.379 e. The zero-order chi connectivity index (χ0) is 10.7. The van der Waals surface area contributed by atoms with Gasteiger partial charge in [0.25, 0.3) is 0 Å². The Bertz CT molecular complexity index is 450. The predicted molar refractivity (Wildman–Crippen MR) is 70.5 cm³/mol. The average molecular weight is 282 g/mol. The number of anilines is 1. The molecular formula is C12H12BrNS. The van der Waals surface area contributed by atoms with Gasteiger partial charge >= 0.3 is 0 Å². The number of benzene rings is 1. The van der Waals surface area contributed by atoms with Gasteiger partial charge in [0.1, 0.15) is 0 Å². The minimum atomic E-state index is 0.895. The van der Waals surface area contributed by atoms with Gasteiger partial charge in [-0.3, -0.25) is 0 Å². The van der Waals surface area contributed by atoms with E-state index in [1.165, 1.54) is 10.4 Å². The van der Waals surface area contributed by atoms with Gasteiger partial charge in [-0.15, -0.1) is 11.3 Å². The Morgan fingerprint density at radius 1 is 1.27 bits per heavy atom. The lowest BCUT2D eigenvalue weighted by Crippen LogP contribution is -1.98. The molecule has 2 aromatic rings. The van der Waals surface area contributed by atoms with Crippen LogP contribution in [-0.2, 0) is 6.54 Å². The van der Waals surface area contributed by atoms with Crippen LogP contribution in [0.25, 0.3) is 0 Å². The Kier molecular flexibility index (Phi) is 3.44. The Morgan fingerprint density at radius 2 is 2.07 bits per heavy atom. The molecule has 0 aliphatic rings. The van der Waals surface area contributed by atoms with Crippen LogP contribution < -0.4 is 5.32 Å². The lowest BCUT2D eigenvalue weighted by Gasteiger charge is -2.07. The van der Waals surface area contributed by atoms with Gasteiger partial charge in [0.2, 0.25) is 0 Å². The first-order valence-corrected chi connectivity index (χ1v) is 6.46. The molecule has 0 bridgehead atoms. The molecule has 2 rings (SSSR count). The summed E-state index contributed by atoms with van der Waals surface area (Å²) in [7, 11) is 0. The first kappa shape index (κ1) is 10.7. The van der Waals surface area contributed by atoms with Crippen LogP contribution in [0.5, 0.6) is 0 Å². The Morgan fingerprint density at radius 3 is 2.73 bits per heavy atom. The van der Waals surface area contributed by atoms with Crippen LogP contribution in [0.3, 0.4) is 0 Å². The van der Waals surface area contributed by atoms with Crippen molar-refractivity contribution < 1.29 is 0 Å². The molecule has 1 nitrogen and oxygen atoms in total. The number of para-hydroxylation sites is 1. The zero-order valence-electron chi connectivity index (χ0n) is 8.46. The van der Waals surface area contributed by atoms with Gasteiger partial charge in [-0.05, 0) is 52.0 Å². The molecule has 0 spiro atoms. The molecule has 1 heterocycles. The summed E-state index contributed by atoms with van der Waals surface area (Å²) in [6.45, 7) is 3.04. The molecule has 0 fully saturated rings. The maximum Gasteiger partial charge on any atom is 0.0497 e. The van der Waals surface area contributed by atoms with Gasteiger partial charge < -0.3 is 5.32 Å². The van der Waals surface area contributed by atoms with Crippen molar-refractivity contribution in [3.05, 3.63) is 50.6 Å². The number of hydrogen-bond acceptors (Lipinski definition) is 2. The van der Waals surface area contributed by atoms with Crippen molar-refractivity contribution in [2.24, 2.45) is 0 Å². The van der Waals surface area contributed by atoms with E-state index < -0.39 is 0 Å². The van der Waals surface area contributed by atoms with Crippen LogP contribution in [0, 0.1) is 6.92 Å². The highest BCUT2D eigenvalue weighted by Gasteiger charge is 2.01. The fourth-order valence-electron chi connectivity index (χ4n) is 1.37. The van der Waals surface area contributed by atoms with E-state index in [1.807, 2.05) is 18.2 Å². The standard InChI is InChI=1S/C12H12BrNS/c1-9-6-7-15-12(9)8-14-11-5-3-2-4-10(11)13/h2-7,14H,8H2,1H3. The Labute approximate surface area is 102 Å². The van der Waals surface area contributed by atoms with Gasteiger partial charge in [0.05, 0.1) is 0 Å². The summed E-state index contributed by atoms with van der Waals surface area (Å²) in [6.07, 6.45) is 0.